The first kappa shape index (κ1) is 53.4. The standard InChI is InChI=1S/C34H51O18P3.H3N.7H2/c1-3-5-7-9-11-12-13-14-15-16-17-19-21-23-31(37)49-27(25-47-30(36)22-20-18-10-8-6-4-2)26-48-55(45,46)50-29-24-28(35)33(51-53(39,40)41)34(32(29)38)52-54(42,43)44;;;;;;;;/h2,27-29,32-35,38H,3,5,7,9,11-17,19,21,23-26H2,1H3,(H,45,46)(H2,39,40,41)(H2,42,43,44);1H3;7*1H/t27-,28?,29?,32?,33-,34+;;;;;;;;/m1......../s1. The number of esters is 2. The van der Waals surface area contributed by atoms with E-state index < -0.39 is 91.7 Å². The smallest absolute Gasteiger partial charge is 0.456 e. The third-order valence-corrected chi connectivity index (χ3v) is 9.82. The fourth-order valence-electron chi connectivity index (χ4n) is 5.26. The van der Waals surface area contributed by atoms with Gasteiger partial charge in [-0.1, -0.05) is 84.0 Å². The SMILES string of the molecule is C#CC#CC#CC#CC(=O)OC[C@H](COP(=O)(O)OC1CC(O)[C@@H](OP(=O)(O)O)[C@@H](OP(=O)(O)O)C1O)OC(=O)CCCCCCCCCCCCCCC.N.[HH].[HH].[HH].[HH].[HH].[HH].[HH]. The van der Waals surface area contributed by atoms with Gasteiger partial charge in [-0.2, -0.15) is 0 Å². The average Bonchev–Trinajstić information content (AvgIpc) is 3.08. The monoisotopic (exact) mass is 871 g/mol. The minimum atomic E-state index is -5.51. The Morgan fingerprint density at radius 3 is 1.77 bits per heavy atom. The first-order valence-electron chi connectivity index (χ1n) is 17.7. The molecule has 0 aromatic heterocycles. The van der Waals surface area contributed by atoms with Gasteiger partial charge in [-0.15, -0.1) is 6.42 Å². The predicted molar refractivity (Wildman–Crippen MR) is 214 cm³/mol. The zero-order valence-corrected chi connectivity index (χ0v) is 33.9. The van der Waals surface area contributed by atoms with Crippen LogP contribution in [0.25, 0.3) is 0 Å². The van der Waals surface area contributed by atoms with E-state index >= 15 is 0 Å². The second-order valence-electron chi connectivity index (χ2n) is 12.4. The highest BCUT2D eigenvalue weighted by atomic mass is 31.2. The van der Waals surface area contributed by atoms with Crippen molar-refractivity contribution < 1.29 is 95.5 Å². The lowest BCUT2D eigenvalue weighted by atomic mass is 9.87. The Kier molecular flexibility index (Phi) is 27.4. The molecule has 0 aromatic carbocycles. The summed E-state index contributed by atoms with van der Waals surface area (Å²) in [6.07, 6.45) is 5.72. The Morgan fingerprint density at radius 1 is 0.732 bits per heavy atom. The van der Waals surface area contributed by atoms with E-state index in [4.69, 9.17) is 34.7 Å². The van der Waals surface area contributed by atoms with Crippen LogP contribution in [0.2, 0.25) is 0 Å². The van der Waals surface area contributed by atoms with E-state index in [0.29, 0.717) is 6.42 Å². The minimum absolute atomic E-state index is 0. The summed E-state index contributed by atoms with van der Waals surface area (Å²) in [4.78, 5) is 71.9. The van der Waals surface area contributed by atoms with Gasteiger partial charge in [0.25, 0.3) is 0 Å². The summed E-state index contributed by atoms with van der Waals surface area (Å²) < 4.78 is 64.5. The quantitative estimate of drug-likeness (QED) is 0.0186. The molecule has 1 aliphatic rings. The van der Waals surface area contributed by atoms with Gasteiger partial charge in [0.05, 0.1) is 12.7 Å². The van der Waals surface area contributed by atoms with Crippen molar-refractivity contribution in [2.24, 2.45) is 0 Å². The minimum Gasteiger partial charge on any atom is -0.456 e. The normalized spacial score (nSPS) is 20.8. The highest BCUT2D eigenvalue weighted by Crippen LogP contribution is 2.51. The maximum atomic E-state index is 12.9. The van der Waals surface area contributed by atoms with Crippen LogP contribution in [-0.4, -0.2) is 96.5 Å². The van der Waals surface area contributed by atoms with Gasteiger partial charge in [0.2, 0.25) is 0 Å². The molecule has 56 heavy (non-hydrogen) atoms. The third kappa shape index (κ3) is 26.3. The van der Waals surface area contributed by atoms with E-state index in [0.717, 1.165) is 32.1 Å². The van der Waals surface area contributed by atoms with Crippen molar-refractivity contribution in [3.8, 4) is 47.9 Å². The molecule has 0 aromatic rings. The molecule has 0 bridgehead atoms. The van der Waals surface area contributed by atoms with E-state index in [1.807, 2.05) is 11.8 Å². The molecule has 0 radical (unpaired) electrons. The largest absolute Gasteiger partial charge is 0.472 e. The van der Waals surface area contributed by atoms with Gasteiger partial charge in [-0.05, 0) is 41.9 Å². The van der Waals surface area contributed by atoms with Crippen molar-refractivity contribution >= 4 is 35.4 Å². The number of aliphatic hydroxyl groups is 2. The molecule has 1 aliphatic carbocycles. The van der Waals surface area contributed by atoms with Crippen LogP contribution in [0.4, 0.5) is 0 Å². The van der Waals surface area contributed by atoms with Gasteiger partial charge in [0.1, 0.15) is 31.0 Å². The lowest BCUT2D eigenvalue weighted by molar-refractivity contribution is -0.167. The van der Waals surface area contributed by atoms with Crippen LogP contribution >= 0.6 is 23.5 Å². The van der Waals surface area contributed by atoms with E-state index in [9.17, 15) is 48.2 Å². The van der Waals surface area contributed by atoms with Crippen LogP contribution in [0, 0.1) is 47.9 Å². The topological polar surface area (TPSA) is 317 Å². The molecule has 4 unspecified atom stereocenters. The van der Waals surface area contributed by atoms with Gasteiger partial charge >= 0.3 is 35.4 Å². The number of aliphatic hydroxyl groups excluding tert-OH is 2. The van der Waals surface area contributed by atoms with E-state index in [2.05, 4.69) is 45.6 Å². The van der Waals surface area contributed by atoms with Crippen molar-refractivity contribution in [1.29, 1.82) is 0 Å². The average molecular weight is 872 g/mol. The number of rotatable bonds is 26. The lowest BCUT2D eigenvalue weighted by Gasteiger charge is -2.41. The molecule has 1 fully saturated rings. The Bertz CT molecular complexity index is 1600. The summed E-state index contributed by atoms with van der Waals surface area (Å²) in [5.41, 5.74) is 0. The number of phosphoric acid groups is 3. The molecule has 0 amide bonds. The molecule has 10 N–H and O–H groups in total. The van der Waals surface area contributed by atoms with Gasteiger partial charge in [-0.25, -0.2) is 18.5 Å². The first-order valence-corrected chi connectivity index (χ1v) is 22.3. The lowest BCUT2D eigenvalue weighted by Crippen LogP contribution is -2.57. The maximum Gasteiger partial charge on any atom is 0.472 e. The van der Waals surface area contributed by atoms with Crippen molar-refractivity contribution in [3.63, 3.8) is 0 Å². The van der Waals surface area contributed by atoms with Crippen LogP contribution in [0.15, 0.2) is 0 Å². The number of hydrogen-bond acceptors (Lipinski definition) is 14. The Balaban J connectivity index is -0.000000630. The van der Waals surface area contributed by atoms with Crippen molar-refractivity contribution in [2.45, 2.75) is 140 Å². The Morgan fingerprint density at radius 2 is 1.23 bits per heavy atom. The number of unbranched alkanes of at least 4 members (excludes halogenated alkanes) is 12. The summed E-state index contributed by atoms with van der Waals surface area (Å²) in [6, 6.07) is 0. The number of carbonyl (C=O) groups is 2. The van der Waals surface area contributed by atoms with Crippen LogP contribution in [0.3, 0.4) is 0 Å². The second-order valence-corrected chi connectivity index (χ2v) is 16.2. The van der Waals surface area contributed by atoms with Gasteiger partial charge in [-0.3, -0.25) is 22.9 Å². The number of phosphoric ester groups is 3. The Hall–Kier alpha value is -2.61. The fourth-order valence-corrected chi connectivity index (χ4v) is 7.36. The highest BCUT2D eigenvalue weighted by Gasteiger charge is 2.52. The van der Waals surface area contributed by atoms with E-state index in [1.165, 1.54) is 44.9 Å². The maximum absolute atomic E-state index is 12.9. The summed E-state index contributed by atoms with van der Waals surface area (Å²) in [5.74, 6) is 13.3. The molecular formula is C34H68NO18P3. The second kappa shape index (κ2) is 28.7. The highest BCUT2D eigenvalue weighted by molar-refractivity contribution is 7.47. The molecule has 0 spiro atoms. The summed E-state index contributed by atoms with van der Waals surface area (Å²) in [5, 5.41) is 21.0. The summed E-state index contributed by atoms with van der Waals surface area (Å²) in [7, 11) is -16.2. The molecule has 22 heteroatoms. The molecule has 0 aliphatic heterocycles. The molecule has 1 saturated carbocycles. The molecule has 19 nitrogen and oxygen atoms in total. The Labute approximate surface area is 338 Å². The van der Waals surface area contributed by atoms with Crippen molar-refractivity contribution in [3.05, 3.63) is 0 Å². The van der Waals surface area contributed by atoms with Crippen LogP contribution in [0.5, 0.6) is 0 Å². The summed E-state index contributed by atoms with van der Waals surface area (Å²) >= 11 is 0. The molecule has 7 atom stereocenters. The van der Waals surface area contributed by atoms with Gasteiger partial charge in [0, 0.05) is 28.7 Å². The first-order chi connectivity index (χ1) is 25.9. The molecule has 0 saturated heterocycles. The summed E-state index contributed by atoms with van der Waals surface area (Å²) in [6.45, 7) is 0.542. The zero-order chi connectivity index (χ0) is 41.3. The number of ether oxygens (including phenoxy) is 2. The third-order valence-electron chi connectivity index (χ3n) is 7.77. The number of carbonyl (C=O) groups excluding carboxylic acids is 2. The van der Waals surface area contributed by atoms with Gasteiger partial charge in [0.15, 0.2) is 6.10 Å². The van der Waals surface area contributed by atoms with Crippen LogP contribution in [0.1, 0.15) is 113 Å². The zero-order valence-electron chi connectivity index (χ0n) is 31.2. The van der Waals surface area contributed by atoms with E-state index in [1.54, 1.807) is 0 Å². The predicted octanol–water partition coefficient (Wildman–Crippen LogP) is 5.03. The van der Waals surface area contributed by atoms with Crippen molar-refractivity contribution in [2.75, 3.05) is 13.2 Å². The molecule has 0 heterocycles. The number of hydrogen-bond donors (Lipinski definition) is 8. The fraction of sp³-hybridized carbons (Fsp3) is 0.706. The number of terminal acetylenes is 1. The molecule has 332 valence electrons. The van der Waals surface area contributed by atoms with Gasteiger partial charge < -0.3 is 50.3 Å². The molecule has 1 rings (SSSR count). The molecular weight excluding hydrogens is 803 g/mol. The van der Waals surface area contributed by atoms with Crippen LogP contribution < -0.4 is 6.15 Å². The van der Waals surface area contributed by atoms with Crippen molar-refractivity contribution in [1.82, 2.24) is 6.15 Å². The van der Waals surface area contributed by atoms with E-state index in [-0.39, 0.29) is 22.6 Å². The van der Waals surface area contributed by atoms with Crippen LogP contribution in [-0.2, 0) is 50.9 Å².